The Morgan fingerprint density at radius 3 is 2.89 bits per heavy atom. The quantitative estimate of drug-likeness (QED) is 0.923. The molecule has 0 unspecified atom stereocenters. The van der Waals surface area contributed by atoms with Crippen molar-refractivity contribution >= 4 is 33.2 Å². The van der Waals surface area contributed by atoms with Crippen LogP contribution in [0.1, 0.15) is 15.2 Å². The molecule has 0 spiro atoms. The SMILES string of the molecule is O=C(O)c1sccc1COc1ccc(F)cc1Br. The largest absolute Gasteiger partial charge is 0.488 e. The fraction of sp³-hybridized carbons (Fsp3) is 0.0833. The highest BCUT2D eigenvalue weighted by Crippen LogP contribution is 2.27. The molecular formula is C12H8BrFO3S. The zero-order chi connectivity index (χ0) is 13.1. The molecule has 0 amide bonds. The number of thiophene rings is 1. The molecule has 0 aliphatic rings. The average molecular weight is 331 g/mol. The maximum atomic E-state index is 12.9. The molecule has 2 aromatic rings. The molecule has 1 N–H and O–H groups in total. The standard InChI is InChI=1S/C12H8BrFO3S/c13-9-5-8(14)1-2-10(9)17-6-7-3-4-18-11(7)12(15)16/h1-5H,6H2,(H,15,16). The number of carbonyl (C=O) groups is 1. The Morgan fingerprint density at radius 1 is 1.44 bits per heavy atom. The second-order valence-electron chi connectivity index (χ2n) is 3.44. The van der Waals surface area contributed by atoms with Crippen molar-refractivity contribution in [2.45, 2.75) is 6.61 Å². The summed E-state index contributed by atoms with van der Waals surface area (Å²) in [6.07, 6.45) is 0. The zero-order valence-electron chi connectivity index (χ0n) is 9.02. The van der Waals surface area contributed by atoms with Gasteiger partial charge in [0.25, 0.3) is 0 Å². The smallest absolute Gasteiger partial charge is 0.346 e. The predicted molar refractivity (Wildman–Crippen MR) is 69.7 cm³/mol. The Hall–Kier alpha value is -1.40. The number of carboxylic acids is 1. The van der Waals surface area contributed by atoms with Gasteiger partial charge in [-0.15, -0.1) is 11.3 Å². The van der Waals surface area contributed by atoms with Gasteiger partial charge < -0.3 is 9.84 Å². The summed E-state index contributed by atoms with van der Waals surface area (Å²) in [5.74, 6) is -0.864. The lowest BCUT2D eigenvalue weighted by Gasteiger charge is -2.07. The number of rotatable bonds is 4. The summed E-state index contributed by atoms with van der Waals surface area (Å²) in [5.41, 5.74) is 0.601. The second kappa shape index (κ2) is 5.49. The first-order valence-electron chi connectivity index (χ1n) is 4.95. The van der Waals surface area contributed by atoms with E-state index in [4.69, 9.17) is 9.84 Å². The van der Waals surface area contributed by atoms with Gasteiger partial charge >= 0.3 is 5.97 Å². The van der Waals surface area contributed by atoms with Gasteiger partial charge in [-0.25, -0.2) is 9.18 Å². The fourth-order valence-electron chi connectivity index (χ4n) is 1.38. The van der Waals surface area contributed by atoms with Gasteiger partial charge in [0, 0.05) is 5.56 Å². The average Bonchev–Trinajstić information content (AvgIpc) is 2.76. The molecule has 0 saturated heterocycles. The van der Waals surface area contributed by atoms with Crippen molar-refractivity contribution in [3.05, 3.63) is 50.4 Å². The maximum absolute atomic E-state index is 12.9. The van der Waals surface area contributed by atoms with Crippen LogP contribution in [-0.2, 0) is 6.61 Å². The van der Waals surface area contributed by atoms with Gasteiger partial charge in [-0.2, -0.15) is 0 Å². The number of benzene rings is 1. The van der Waals surface area contributed by atoms with E-state index >= 15 is 0 Å². The molecule has 0 aliphatic heterocycles. The van der Waals surface area contributed by atoms with E-state index in [9.17, 15) is 9.18 Å². The lowest BCUT2D eigenvalue weighted by atomic mass is 10.2. The Kier molecular flexibility index (Phi) is 3.98. The van der Waals surface area contributed by atoms with Crippen molar-refractivity contribution in [1.82, 2.24) is 0 Å². The minimum atomic E-state index is -0.971. The van der Waals surface area contributed by atoms with Crippen LogP contribution in [0.2, 0.25) is 0 Å². The van der Waals surface area contributed by atoms with Gasteiger partial charge in [0.2, 0.25) is 0 Å². The van der Waals surface area contributed by atoms with Gasteiger partial charge in [-0.05, 0) is 45.6 Å². The van der Waals surface area contributed by atoms with E-state index in [-0.39, 0.29) is 17.3 Å². The number of ether oxygens (including phenoxy) is 1. The first-order chi connectivity index (χ1) is 8.58. The summed E-state index contributed by atoms with van der Waals surface area (Å²) < 4.78 is 18.8. The number of aromatic carboxylic acids is 1. The van der Waals surface area contributed by atoms with E-state index in [1.807, 2.05) is 0 Å². The van der Waals surface area contributed by atoms with Gasteiger partial charge in [0.15, 0.2) is 0 Å². The maximum Gasteiger partial charge on any atom is 0.346 e. The number of carboxylic acid groups (broad SMARTS) is 1. The minimum Gasteiger partial charge on any atom is -0.488 e. The van der Waals surface area contributed by atoms with Crippen LogP contribution in [0.15, 0.2) is 34.1 Å². The van der Waals surface area contributed by atoms with Gasteiger partial charge in [0.1, 0.15) is 23.1 Å². The summed E-state index contributed by atoms with van der Waals surface area (Å²) in [6.45, 7) is 0.134. The Bertz CT molecular complexity index is 582. The molecule has 0 atom stereocenters. The van der Waals surface area contributed by atoms with E-state index in [1.54, 1.807) is 11.4 Å². The highest BCUT2D eigenvalue weighted by molar-refractivity contribution is 9.10. The van der Waals surface area contributed by atoms with E-state index in [2.05, 4.69) is 15.9 Å². The third kappa shape index (κ3) is 2.88. The van der Waals surface area contributed by atoms with E-state index in [0.717, 1.165) is 11.3 Å². The third-order valence-electron chi connectivity index (χ3n) is 2.22. The number of hydrogen-bond acceptors (Lipinski definition) is 3. The molecule has 18 heavy (non-hydrogen) atoms. The van der Waals surface area contributed by atoms with Crippen molar-refractivity contribution in [3.8, 4) is 5.75 Å². The van der Waals surface area contributed by atoms with Crippen LogP contribution >= 0.6 is 27.3 Å². The van der Waals surface area contributed by atoms with Gasteiger partial charge in [-0.1, -0.05) is 0 Å². The van der Waals surface area contributed by atoms with E-state index in [0.29, 0.717) is 15.8 Å². The molecule has 0 aliphatic carbocycles. The molecule has 1 aromatic carbocycles. The Morgan fingerprint density at radius 2 is 2.22 bits per heavy atom. The van der Waals surface area contributed by atoms with Crippen molar-refractivity contribution in [2.75, 3.05) is 0 Å². The summed E-state index contributed by atoms with van der Waals surface area (Å²) in [5, 5.41) is 10.6. The fourth-order valence-corrected chi connectivity index (χ4v) is 2.60. The number of halogens is 2. The molecule has 6 heteroatoms. The third-order valence-corrected chi connectivity index (χ3v) is 3.78. The normalized spacial score (nSPS) is 10.3. The van der Waals surface area contributed by atoms with Crippen molar-refractivity contribution < 1.29 is 19.0 Å². The van der Waals surface area contributed by atoms with Crippen molar-refractivity contribution in [3.63, 3.8) is 0 Å². The molecular weight excluding hydrogens is 323 g/mol. The zero-order valence-corrected chi connectivity index (χ0v) is 11.4. The lowest BCUT2D eigenvalue weighted by Crippen LogP contribution is -2.02. The monoisotopic (exact) mass is 330 g/mol. The van der Waals surface area contributed by atoms with Crippen molar-refractivity contribution in [1.29, 1.82) is 0 Å². The van der Waals surface area contributed by atoms with E-state index in [1.165, 1.54) is 18.2 Å². The minimum absolute atomic E-state index is 0.134. The lowest BCUT2D eigenvalue weighted by molar-refractivity contribution is 0.0699. The van der Waals surface area contributed by atoms with E-state index < -0.39 is 5.97 Å². The van der Waals surface area contributed by atoms with Crippen molar-refractivity contribution in [2.24, 2.45) is 0 Å². The molecule has 2 rings (SSSR count). The molecule has 0 radical (unpaired) electrons. The van der Waals surface area contributed by atoms with Gasteiger partial charge in [0.05, 0.1) is 4.47 Å². The topological polar surface area (TPSA) is 46.5 Å². The first-order valence-corrected chi connectivity index (χ1v) is 6.62. The summed E-state index contributed by atoms with van der Waals surface area (Å²) >= 11 is 4.33. The van der Waals surface area contributed by atoms with Crippen LogP contribution in [0.3, 0.4) is 0 Å². The molecule has 94 valence electrons. The highest BCUT2D eigenvalue weighted by Gasteiger charge is 2.12. The second-order valence-corrected chi connectivity index (χ2v) is 5.21. The Balaban J connectivity index is 2.11. The summed E-state index contributed by atoms with van der Waals surface area (Å²) in [4.78, 5) is 11.2. The van der Waals surface area contributed by atoms with Crippen LogP contribution in [0, 0.1) is 5.82 Å². The van der Waals surface area contributed by atoms with Crippen LogP contribution in [0.4, 0.5) is 4.39 Å². The van der Waals surface area contributed by atoms with Crippen LogP contribution < -0.4 is 4.74 Å². The summed E-state index contributed by atoms with van der Waals surface area (Å²) in [7, 11) is 0. The predicted octanol–water partition coefficient (Wildman–Crippen LogP) is 3.93. The molecule has 0 saturated carbocycles. The molecule has 1 aromatic heterocycles. The molecule has 0 bridgehead atoms. The Labute approximate surface area is 115 Å². The summed E-state index contributed by atoms with van der Waals surface area (Å²) in [6, 6.07) is 5.77. The molecule has 0 fully saturated rings. The highest BCUT2D eigenvalue weighted by atomic mass is 79.9. The molecule has 3 nitrogen and oxygen atoms in total. The number of hydrogen-bond donors (Lipinski definition) is 1. The van der Waals surface area contributed by atoms with Crippen LogP contribution in [0.5, 0.6) is 5.75 Å². The first kappa shape index (κ1) is 13.0. The molecule has 1 heterocycles. The van der Waals surface area contributed by atoms with Crippen LogP contribution in [0.25, 0.3) is 0 Å². The van der Waals surface area contributed by atoms with Crippen LogP contribution in [-0.4, -0.2) is 11.1 Å². The van der Waals surface area contributed by atoms with Gasteiger partial charge in [-0.3, -0.25) is 0 Å².